The van der Waals surface area contributed by atoms with Gasteiger partial charge in [-0.25, -0.2) is 4.79 Å². The number of carbonyl (C=O) groups excluding carboxylic acids is 1. The molecule has 1 heterocycles. The summed E-state index contributed by atoms with van der Waals surface area (Å²) >= 11 is 0. The zero-order valence-corrected chi connectivity index (χ0v) is 9.85. The van der Waals surface area contributed by atoms with E-state index < -0.39 is 0 Å². The maximum Gasteiger partial charge on any atom is 0.340 e. The standard InChI is InChI=1S/C11H19NO3/c1-5-14-9-8(10(13)15-6-2)11(3,4)7-12-9/h12H,5-7H2,1-4H3. The molecular formula is C11H19NO3. The fourth-order valence-electron chi connectivity index (χ4n) is 1.63. The van der Waals surface area contributed by atoms with Gasteiger partial charge in [-0.1, -0.05) is 13.8 Å². The lowest BCUT2D eigenvalue weighted by Gasteiger charge is -2.18. The lowest BCUT2D eigenvalue weighted by Crippen LogP contribution is -2.24. The van der Waals surface area contributed by atoms with Crippen molar-refractivity contribution in [2.24, 2.45) is 5.41 Å². The van der Waals surface area contributed by atoms with Crippen LogP contribution in [0.25, 0.3) is 0 Å². The van der Waals surface area contributed by atoms with Crippen molar-refractivity contribution in [3.63, 3.8) is 0 Å². The summed E-state index contributed by atoms with van der Waals surface area (Å²) < 4.78 is 10.4. The van der Waals surface area contributed by atoms with Crippen molar-refractivity contribution in [3.8, 4) is 0 Å². The summed E-state index contributed by atoms with van der Waals surface area (Å²) in [5, 5.41) is 3.09. The molecule has 86 valence electrons. The Morgan fingerprint density at radius 2 is 2.07 bits per heavy atom. The molecule has 1 rings (SSSR count). The van der Waals surface area contributed by atoms with Gasteiger partial charge in [-0.05, 0) is 13.8 Å². The Kier molecular flexibility index (Phi) is 3.61. The SMILES string of the molecule is CCOC(=O)C1=C(OCC)NCC1(C)C. The smallest absolute Gasteiger partial charge is 0.340 e. The minimum absolute atomic E-state index is 0.225. The largest absolute Gasteiger partial charge is 0.479 e. The van der Waals surface area contributed by atoms with E-state index >= 15 is 0 Å². The second kappa shape index (κ2) is 4.55. The highest BCUT2D eigenvalue weighted by Gasteiger charge is 2.39. The van der Waals surface area contributed by atoms with Gasteiger partial charge in [0.25, 0.3) is 0 Å². The van der Waals surface area contributed by atoms with Gasteiger partial charge in [0.05, 0.1) is 13.2 Å². The van der Waals surface area contributed by atoms with Crippen molar-refractivity contribution < 1.29 is 14.3 Å². The first kappa shape index (κ1) is 11.9. The molecule has 1 N–H and O–H groups in total. The van der Waals surface area contributed by atoms with Gasteiger partial charge in [-0.2, -0.15) is 0 Å². The van der Waals surface area contributed by atoms with Crippen LogP contribution in [0.3, 0.4) is 0 Å². The van der Waals surface area contributed by atoms with E-state index in [9.17, 15) is 4.79 Å². The summed E-state index contributed by atoms with van der Waals surface area (Å²) in [5.74, 6) is 0.289. The van der Waals surface area contributed by atoms with Crippen LogP contribution in [-0.2, 0) is 14.3 Å². The summed E-state index contributed by atoms with van der Waals surface area (Å²) in [6.07, 6.45) is 0. The van der Waals surface area contributed by atoms with Gasteiger partial charge in [0, 0.05) is 12.0 Å². The molecule has 0 atom stereocenters. The van der Waals surface area contributed by atoms with E-state index in [2.05, 4.69) is 5.32 Å². The van der Waals surface area contributed by atoms with Crippen molar-refractivity contribution in [2.75, 3.05) is 19.8 Å². The topological polar surface area (TPSA) is 47.6 Å². The third kappa shape index (κ3) is 2.43. The Hall–Kier alpha value is -1.19. The van der Waals surface area contributed by atoms with Gasteiger partial charge in [-0.3, -0.25) is 0 Å². The van der Waals surface area contributed by atoms with Crippen LogP contribution in [0.5, 0.6) is 0 Å². The number of nitrogens with one attached hydrogen (secondary N) is 1. The second-order valence-corrected chi connectivity index (χ2v) is 4.10. The minimum atomic E-state index is -0.282. The molecule has 0 fully saturated rings. The maximum absolute atomic E-state index is 11.7. The molecule has 0 saturated heterocycles. The number of rotatable bonds is 4. The van der Waals surface area contributed by atoms with Crippen LogP contribution >= 0.6 is 0 Å². The van der Waals surface area contributed by atoms with Crippen LogP contribution in [0.1, 0.15) is 27.7 Å². The highest BCUT2D eigenvalue weighted by Crippen LogP contribution is 2.33. The molecule has 0 saturated carbocycles. The summed E-state index contributed by atoms with van der Waals surface area (Å²) in [5.41, 5.74) is 0.391. The third-order valence-corrected chi connectivity index (χ3v) is 2.36. The van der Waals surface area contributed by atoms with E-state index in [1.165, 1.54) is 0 Å². The van der Waals surface area contributed by atoms with Gasteiger partial charge in [0.15, 0.2) is 5.88 Å². The molecule has 0 aromatic carbocycles. The van der Waals surface area contributed by atoms with Gasteiger partial charge in [0.1, 0.15) is 5.57 Å². The van der Waals surface area contributed by atoms with E-state index in [1.54, 1.807) is 6.92 Å². The average Bonchev–Trinajstić information content (AvgIpc) is 2.43. The molecule has 0 aliphatic carbocycles. The van der Waals surface area contributed by atoms with E-state index in [4.69, 9.17) is 9.47 Å². The zero-order valence-electron chi connectivity index (χ0n) is 9.85. The third-order valence-electron chi connectivity index (χ3n) is 2.36. The van der Waals surface area contributed by atoms with Gasteiger partial charge >= 0.3 is 5.97 Å². The summed E-state index contributed by atoms with van der Waals surface area (Å²) in [6.45, 7) is 9.32. The van der Waals surface area contributed by atoms with Crippen LogP contribution in [0.15, 0.2) is 11.5 Å². The van der Waals surface area contributed by atoms with Crippen molar-refractivity contribution in [1.29, 1.82) is 0 Å². The molecule has 1 aliphatic heterocycles. The van der Waals surface area contributed by atoms with Crippen LogP contribution in [0.4, 0.5) is 0 Å². The van der Waals surface area contributed by atoms with Gasteiger partial charge in [0.2, 0.25) is 0 Å². The number of hydrogen-bond acceptors (Lipinski definition) is 4. The molecule has 1 aliphatic rings. The van der Waals surface area contributed by atoms with Gasteiger partial charge in [-0.15, -0.1) is 0 Å². The molecule has 4 heteroatoms. The molecule has 4 nitrogen and oxygen atoms in total. The van der Waals surface area contributed by atoms with E-state index in [0.29, 0.717) is 31.2 Å². The molecule has 0 radical (unpaired) electrons. The van der Waals surface area contributed by atoms with Crippen LogP contribution < -0.4 is 5.32 Å². The summed E-state index contributed by atoms with van der Waals surface area (Å²) in [4.78, 5) is 11.7. The highest BCUT2D eigenvalue weighted by molar-refractivity contribution is 5.91. The van der Waals surface area contributed by atoms with Gasteiger partial charge < -0.3 is 14.8 Å². The van der Waals surface area contributed by atoms with Crippen molar-refractivity contribution in [3.05, 3.63) is 11.5 Å². The number of esters is 1. The molecule has 0 amide bonds. The van der Waals surface area contributed by atoms with Crippen molar-refractivity contribution in [2.45, 2.75) is 27.7 Å². The van der Waals surface area contributed by atoms with Crippen LogP contribution in [-0.4, -0.2) is 25.7 Å². The van der Waals surface area contributed by atoms with Crippen LogP contribution in [0, 0.1) is 5.41 Å². The van der Waals surface area contributed by atoms with E-state index in [1.807, 2.05) is 20.8 Å². The Morgan fingerprint density at radius 3 is 2.60 bits per heavy atom. The fourth-order valence-corrected chi connectivity index (χ4v) is 1.63. The molecule has 0 unspecified atom stereocenters. The summed E-state index contributed by atoms with van der Waals surface area (Å²) in [7, 11) is 0. The summed E-state index contributed by atoms with van der Waals surface area (Å²) in [6, 6.07) is 0. The molecule has 0 aromatic rings. The van der Waals surface area contributed by atoms with E-state index in [-0.39, 0.29) is 11.4 Å². The van der Waals surface area contributed by atoms with Crippen molar-refractivity contribution >= 4 is 5.97 Å². The number of ether oxygens (including phenoxy) is 2. The Labute approximate surface area is 90.6 Å². The normalized spacial score (nSPS) is 18.7. The zero-order chi connectivity index (χ0) is 11.5. The minimum Gasteiger partial charge on any atom is -0.479 e. The maximum atomic E-state index is 11.7. The number of hydrogen-bond donors (Lipinski definition) is 1. The highest BCUT2D eigenvalue weighted by atomic mass is 16.5. The molecule has 0 aromatic heterocycles. The Morgan fingerprint density at radius 1 is 1.40 bits per heavy atom. The molecular weight excluding hydrogens is 194 g/mol. The Balaban J connectivity index is 2.93. The number of carbonyl (C=O) groups is 1. The van der Waals surface area contributed by atoms with Crippen LogP contribution in [0.2, 0.25) is 0 Å². The average molecular weight is 213 g/mol. The lowest BCUT2D eigenvalue weighted by atomic mass is 9.87. The predicted molar refractivity (Wildman–Crippen MR) is 57.1 cm³/mol. The first-order valence-electron chi connectivity index (χ1n) is 5.31. The first-order valence-corrected chi connectivity index (χ1v) is 5.31. The van der Waals surface area contributed by atoms with Crippen molar-refractivity contribution in [1.82, 2.24) is 5.32 Å². The quantitative estimate of drug-likeness (QED) is 0.718. The molecule has 15 heavy (non-hydrogen) atoms. The van der Waals surface area contributed by atoms with E-state index in [0.717, 1.165) is 0 Å². The lowest BCUT2D eigenvalue weighted by molar-refractivity contribution is -0.139. The monoisotopic (exact) mass is 213 g/mol. The Bertz CT molecular complexity index is 282. The molecule has 0 bridgehead atoms. The predicted octanol–water partition coefficient (Wildman–Crippen LogP) is 1.43. The second-order valence-electron chi connectivity index (χ2n) is 4.10. The molecule has 0 spiro atoms. The fraction of sp³-hybridized carbons (Fsp3) is 0.727. The first-order chi connectivity index (χ1) is 7.03.